The van der Waals surface area contributed by atoms with Crippen LogP contribution in [0.5, 0.6) is 0 Å². The zero-order chi connectivity index (χ0) is 10.6. The summed E-state index contributed by atoms with van der Waals surface area (Å²) in [6.07, 6.45) is 4.75. The van der Waals surface area contributed by atoms with Crippen molar-refractivity contribution in [1.29, 1.82) is 0 Å². The van der Waals surface area contributed by atoms with Crippen molar-refractivity contribution in [3.8, 4) is 0 Å². The van der Waals surface area contributed by atoms with Crippen molar-refractivity contribution in [1.82, 2.24) is 10.6 Å². The van der Waals surface area contributed by atoms with E-state index in [0.29, 0.717) is 6.04 Å². The Morgan fingerprint density at radius 3 is 2.29 bits per heavy atom. The van der Waals surface area contributed by atoms with E-state index in [9.17, 15) is 4.79 Å². The van der Waals surface area contributed by atoms with Crippen LogP contribution in [0.2, 0.25) is 0 Å². The summed E-state index contributed by atoms with van der Waals surface area (Å²) in [5.41, 5.74) is 0. The smallest absolute Gasteiger partial charge is 0.315 e. The van der Waals surface area contributed by atoms with E-state index >= 15 is 0 Å². The summed E-state index contributed by atoms with van der Waals surface area (Å²) in [6, 6.07) is 0.599. The molecule has 0 spiro atoms. The van der Waals surface area contributed by atoms with E-state index < -0.39 is 0 Å². The lowest BCUT2D eigenvalue weighted by Crippen LogP contribution is -2.45. The maximum absolute atomic E-state index is 11.4. The monoisotopic (exact) mass is 198 g/mol. The Kier molecular flexibility index (Phi) is 4.23. The Balaban J connectivity index is 2.20. The zero-order valence-electron chi connectivity index (χ0n) is 9.47. The van der Waals surface area contributed by atoms with Crippen molar-refractivity contribution < 1.29 is 4.79 Å². The highest BCUT2D eigenvalue weighted by atomic mass is 16.2. The summed E-state index contributed by atoms with van der Waals surface area (Å²) in [4.78, 5) is 11.4. The number of nitrogens with one attached hydrogen (secondary N) is 2. The zero-order valence-corrected chi connectivity index (χ0v) is 9.47. The molecule has 0 saturated heterocycles. The van der Waals surface area contributed by atoms with Gasteiger partial charge in [0, 0.05) is 12.1 Å². The minimum Gasteiger partial charge on any atom is -0.336 e. The second-order valence-electron chi connectivity index (χ2n) is 4.73. The lowest BCUT2D eigenvalue weighted by atomic mass is 9.87. The molecule has 1 rings (SSSR count). The predicted octanol–water partition coefficient (Wildman–Crippen LogP) is 2.27. The minimum atomic E-state index is -0.0143. The molecule has 0 radical (unpaired) electrons. The fourth-order valence-corrected chi connectivity index (χ4v) is 1.89. The van der Waals surface area contributed by atoms with Gasteiger partial charge in [-0.3, -0.25) is 0 Å². The molecular formula is C11H22N2O. The molecule has 14 heavy (non-hydrogen) atoms. The molecule has 2 amide bonds. The van der Waals surface area contributed by atoms with Crippen molar-refractivity contribution in [3.63, 3.8) is 0 Å². The molecule has 0 aromatic carbocycles. The van der Waals surface area contributed by atoms with Gasteiger partial charge in [0.15, 0.2) is 0 Å². The molecule has 2 N–H and O–H groups in total. The predicted molar refractivity (Wildman–Crippen MR) is 58.2 cm³/mol. The van der Waals surface area contributed by atoms with Gasteiger partial charge in [0.1, 0.15) is 0 Å². The van der Waals surface area contributed by atoms with E-state index in [1.54, 1.807) is 0 Å². The molecule has 0 unspecified atom stereocenters. The fraction of sp³-hybridized carbons (Fsp3) is 0.909. The highest BCUT2D eigenvalue weighted by molar-refractivity contribution is 5.74. The second kappa shape index (κ2) is 5.23. The van der Waals surface area contributed by atoms with Gasteiger partial charge in [0.25, 0.3) is 0 Å². The van der Waals surface area contributed by atoms with Gasteiger partial charge >= 0.3 is 6.03 Å². The molecular weight excluding hydrogens is 176 g/mol. The van der Waals surface area contributed by atoms with Crippen molar-refractivity contribution in [2.75, 3.05) is 0 Å². The van der Waals surface area contributed by atoms with E-state index in [2.05, 4.69) is 17.6 Å². The van der Waals surface area contributed by atoms with Gasteiger partial charge in [0.2, 0.25) is 0 Å². The first kappa shape index (κ1) is 11.3. The first-order valence-corrected chi connectivity index (χ1v) is 5.65. The molecule has 0 bridgehead atoms. The Labute approximate surface area is 86.6 Å². The lowest BCUT2D eigenvalue weighted by Gasteiger charge is -2.27. The molecule has 1 aliphatic carbocycles. The quantitative estimate of drug-likeness (QED) is 0.702. The SMILES string of the molecule is CC1CCC(NC(=O)NC(C)C)CC1. The van der Waals surface area contributed by atoms with Crippen LogP contribution in [0.3, 0.4) is 0 Å². The second-order valence-corrected chi connectivity index (χ2v) is 4.73. The molecule has 0 heterocycles. The van der Waals surface area contributed by atoms with Crippen LogP contribution < -0.4 is 10.6 Å². The topological polar surface area (TPSA) is 41.1 Å². The van der Waals surface area contributed by atoms with E-state index in [4.69, 9.17) is 0 Å². The third-order valence-corrected chi connectivity index (χ3v) is 2.77. The molecule has 0 aromatic heterocycles. The Morgan fingerprint density at radius 1 is 1.21 bits per heavy atom. The molecule has 0 aliphatic heterocycles. The van der Waals surface area contributed by atoms with Crippen molar-refractivity contribution in [2.24, 2.45) is 5.92 Å². The number of carbonyl (C=O) groups excluding carboxylic acids is 1. The van der Waals surface area contributed by atoms with Gasteiger partial charge in [-0.25, -0.2) is 4.79 Å². The highest BCUT2D eigenvalue weighted by Gasteiger charge is 2.19. The largest absolute Gasteiger partial charge is 0.336 e. The number of urea groups is 1. The number of hydrogen-bond donors (Lipinski definition) is 2. The average molecular weight is 198 g/mol. The lowest BCUT2D eigenvalue weighted by molar-refractivity contribution is 0.226. The third-order valence-electron chi connectivity index (χ3n) is 2.77. The van der Waals surface area contributed by atoms with Gasteiger partial charge in [-0.05, 0) is 45.4 Å². The fourth-order valence-electron chi connectivity index (χ4n) is 1.89. The van der Waals surface area contributed by atoms with Crippen LogP contribution in [0.1, 0.15) is 46.5 Å². The first-order valence-electron chi connectivity index (χ1n) is 5.65. The Morgan fingerprint density at radius 2 is 1.79 bits per heavy atom. The number of amides is 2. The van der Waals surface area contributed by atoms with Crippen molar-refractivity contribution >= 4 is 6.03 Å². The maximum atomic E-state index is 11.4. The highest BCUT2D eigenvalue weighted by Crippen LogP contribution is 2.23. The molecule has 1 aliphatic rings. The van der Waals surface area contributed by atoms with Crippen molar-refractivity contribution in [2.45, 2.75) is 58.5 Å². The molecule has 82 valence electrons. The van der Waals surface area contributed by atoms with Crippen LogP contribution in [0.4, 0.5) is 4.79 Å². The standard InChI is InChI=1S/C11H22N2O/c1-8(2)12-11(14)13-10-6-4-9(3)5-7-10/h8-10H,4-7H2,1-3H3,(H2,12,13,14). The van der Waals surface area contributed by atoms with Gasteiger partial charge in [-0.1, -0.05) is 6.92 Å². The van der Waals surface area contributed by atoms with Crippen LogP contribution in [-0.4, -0.2) is 18.1 Å². The van der Waals surface area contributed by atoms with Crippen LogP contribution >= 0.6 is 0 Å². The summed E-state index contributed by atoms with van der Waals surface area (Å²) in [5, 5.41) is 5.87. The van der Waals surface area contributed by atoms with Crippen LogP contribution in [0.15, 0.2) is 0 Å². The molecule has 0 aromatic rings. The van der Waals surface area contributed by atoms with E-state index in [0.717, 1.165) is 18.8 Å². The minimum absolute atomic E-state index is 0.0143. The van der Waals surface area contributed by atoms with Crippen LogP contribution in [0.25, 0.3) is 0 Å². The van der Waals surface area contributed by atoms with E-state index in [1.165, 1.54) is 12.8 Å². The summed E-state index contributed by atoms with van der Waals surface area (Å²) in [7, 11) is 0. The van der Waals surface area contributed by atoms with E-state index in [1.807, 2.05) is 13.8 Å². The molecule has 1 saturated carbocycles. The number of rotatable bonds is 2. The van der Waals surface area contributed by atoms with Crippen molar-refractivity contribution in [3.05, 3.63) is 0 Å². The van der Waals surface area contributed by atoms with Crippen LogP contribution in [0, 0.1) is 5.92 Å². The summed E-state index contributed by atoms with van der Waals surface area (Å²) in [6.45, 7) is 6.23. The van der Waals surface area contributed by atoms with Gasteiger partial charge in [-0.2, -0.15) is 0 Å². The molecule has 0 atom stereocenters. The average Bonchev–Trinajstić information content (AvgIpc) is 2.07. The van der Waals surface area contributed by atoms with Gasteiger partial charge < -0.3 is 10.6 Å². The third kappa shape index (κ3) is 3.99. The Hall–Kier alpha value is -0.730. The summed E-state index contributed by atoms with van der Waals surface area (Å²) < 4.78 is 0. The van der Waals surface area contributed by atoms with Crippen LogP contribution in [-0.2, 0) is 0 Å². The molecule has 1 fully saturated rings. The normalized spacial score (nSPS) is 27.4. The number of hydrogen-bond acceptors (Lipinski definition) is 1. The van der Waals surface area contributed by atoms with E-state index in [-0.39, 0.29) is 12.1 Å². The van der Waals surface area contributed by atoms with Gasteiger partial charge in [0.05, 0.1) is 0 Å². The summed E-state index contributed by atoms with van der Waals surface area (Å²) >= 11 is 0. The Bertz CT molecular complexity index is 184. The molecule has 3 nitrogen and oxygen atoms in total. The summed E-state index contributed by atoms with van der Waals surface area (Å²) in [5.74, 6) is 0.834. The maximum Gasteiger partial charge on any atom is 0.315 e. The first-order chi connectivity index (χ1) is 6.58. The number of carbonyl (C=O) groups is 1. The van der Waals surface area contributed by atoms with Gasteiger partial charge in [-0.15, -0.1) is 0 Å². The molecule has 3 heteroatoms.